The topological polar surface area (TPSA) is 47.3 Å². The largest absolute Gasteiger partial charge is 0.486 e. The number of aliphatic hydroxyl groups excluding tert-OH is 1. The molecule has 1 fully saturated rings. The molecular formula is C12H20N2O2. The molecule has 0 aliphatic heterocycles. The molecule has 0 aromatic carbocycles. The van der Waals surface area contributed by atoms with Crippen molar-refractivity contribution in [3.8, 4) is 5.75 Å². The van der Waals surface area contributed by atoms with E-state index in [4.69, 9.17) is 4.74 Å². The molecule has 0 radical (unpaired) electrons. The summed E-state index contributed by atoms with van der Waals surface area (Å²) in [4.78, 5) is 0. The number of aliphatic hydroxyl groups is 1. The van der Waals surface area contributed by atoms with Gasteiger partial charge in [-0.3, -0.25) is 4.68 Å². The first-order valence-electron chi connectivity index (χ1n) is 5.80. The maximum absolute atomic E-state index is 9.62. The maximum Gasteiger partial charge on any atom is 0.157 e. The summed E-state index contributed by atoms with van der Waals surface area (Å²) in [7, 11) is 0. The highest BCUT2D eigenvalue weighted by atomic mass is 16.5. The summed E-state index contributed by atoms with van der Waals surface area (Å²) in [6, 6.07) is 0.345. The Morgan fingerprint density at radius 3 is 2.69 bits per heavy atom. The second-order valence-corrected chi connectivity index (χ2v) is 5.43. The summed E-state index contributed by atoms with van der Waals surface area (Å²) in [5.74, 6) is 0.790. The van der Waals surface area contributed by atoms with E-state index in [0.29, 0.717) is 12.5 Å². The van der Waals surface area contributed by atoms with Crippen molar-refractivity contribution in [2.75, 3.05) is 0 Å². The normalized spacial score (nSPS) is 27.9. The van der Waals surface area contributed by atoms with Crippen molar-refractivity contribution in [2.45, 2.75) is 52.4 Å². The van der Waals surface area contributed by atoms with Gasteiger partial charge in [0.25, 0.3) is 0 Å². The van der Waals surface area contributed by atoms with Crippen molar-refractivity contribution < 1.29 is 9.84 Å². The fraction of sp³-hybridized carbons (Fsp3) is 0.750. The molecule has 0 bridgehead atoms. The summed E-state index contributed by atoms with van der Waals surface area (Å²) in [5, 5.41) is 13.8. The Morgan fingerprint density at radius 2 is 2.25 bits per heavy atom. The van der Waals surface area contributed by atoms with Gasteiger partial charge in [0.05, 0.1) is 18.5 Å². The van der Waals surface area contributed by atoms with E-state index < -0.39 is 0 Å². The second kappa shape index (κ2) is 3.77. The van der Waals surface area contributed by atoms with Gasteiger partial charge in [-0.2, -0.15) is 5.10 Å². The zero-order chi connectivity index (χ0) is 11.9. The number of rotatable bonds is 3. The molecule has 0 spiro atoms. The summed E-state index contributed by atoms with van der Waals surface area (Å²) in [6.07, 6.45) is 4.19. The van der Waals surface area contributed by atoms with Gasteiger partial charge in [0.1, 0.15) is 6.10 Å². The lowest BCUT2D eigenvalue weighted by Crippen LogP contribution is -2.55. The molecule has 1 aromatic heterocycles. The van der Waals surface area contributed by atoms with Crippen molar-refractivity contribution in [3.63, 3.8) is 0 Å². The number of hydrogen-bond donors (Lipinski definition) is 1. The SMILES string of the molecule is CC(C)n1cc(OC2CC(O)C2(C)C)cn1. The minimum absolute atomic E-state index is 0.0901. The van der Waals surface area contributed by atoms with Crippen LogP contribution in [-0.2, 0) is 0 Å². The second-order valence-electron chi connectivity index (χ2n) is 5.43. The summed E-state index contributed by atoms with van der Waals surface area (Å²) in [5.41, 5.74) is -0.153. The molecule has 1 aromatic rings. The Hall–Kier alpha value is -1.03. The smallest absolute Gasteiger partial charge is 0.157 e. The average molecular weight is 224 g/mol. The van der Waals surface area contributed by atoms with Gasteiger partial charge in [0, 0.05) is 17.9 Å². The quantitative estimate of drug-likeness (QED) is 0.854. The van der Waals surface area contributed by atoms with Gasteiger partial charge in [-0.05, 0) is 13.8 Å². The monoisotopic (exact) mass is 224 g/mol. The first-order valence-corrected chi connectivity index (χ1v) is 5.80. The third-order valence-electron chi connectivity index (χ3n) is 3.51. The van der Waals surface area contributed by atoms with E-state index in [2.05, 4.69) is 18.9 Å². The summed E-state index contributed by atoms with van der Waals surface area (Å²) >= 11 is 0. The third kappa shape index (κ3) is 1.82. The molecule has 1 aliphatic rings. The van der Waals surface area contributed by atoms with Crippen LogP contribution in [0.25, 0.3) is 0 Å². The molecule has 2 atom stereocenters. The zero-order valence-electron chi connectivity index (χ0n) is 10.3. The van der Waals surface area contributed by atoms with Crippen molar-refractivity contribution in [1.82, 2.24) is 9.78 Å². The number of nitrogens with zero attached hydrogens (tertiary/aromatic N) is 2. The van der Waals surface area contributed by atoms with Crippen LogP contribution in [0.15, 0.2) is 12.4 Å². The molecule has 90 valence electrons. The molecule has 1 aliphatic carbocycles. The van der Waals surface area contributed by atoms with Crippen LogP contribution in [0.2, 0.25) is 0 Å². The van der Waals surface area contributed by atoms with Crippen molar-refractivity contribution in [3.05, 3.63) is 12.4 Å². The number of ether oxygens (including phenoxy) is 1. The molecule has 2 rings (SSSR count). The van der Waals surface area contributed by atoms with Crippen molar-refractivity contribution >= 4 is 0 Å². The van der Waals surface area contributed by atoms with Gasteiger partial charge in [-0.1, -0.05) is 13.8 Å². The van der Waals surface area contributed by atoms with E-state index in [1.807, 2.05) is 24.7 Å². The fourth-order valence-corrected chi connectivity index (χ4v) is 1.89. The van der Waals surface area contributed by atoms with Crippen LogP contribution in [-0.4, -0.2) is 27.1 Å². The van der Waals surface area contributed by atoms with Crippen LogP contribution in [0.5, 0.6) is 5.75 Å². The Bertz CT molecular complexity index is 371. The Morgan fingerprint density at radius 1 is 1.56 bits per heavy atom. The summed E-state index contributed by atoms with van der Waals surface area (Å²) < 4.78 is 7.70. The van der Waals surface area contributed by atoms with E-state index >= 15 is 0 Å². The lowest BCUT2D eigenvalue weighted by molar-refractivity contribution is -0.134. The van der Waals surface area contributed by atoms with E-state index in [0.717, 1.165) is 5.75 Å². The van der Waals surface area contributed by atoms with Gasteiger partial charge < -0.3 is 9.84 Å². The molecular weight excluding hydrogens is 204 g/mol. The minimum Gasteiger partial charge on any atom is -0.486 e. The van der Waals surface area contributed by atoms with Crippen LogP contribution in [0.4, 0.5) is 0 Å². The van der Waals surface area contributed by atoms with Crippen LogP contribution >= 0.6 is 0 Å². The van der Waals surface area contributed by atoms with E-state index in [-0.39, 0.29) is 17.6 Å². The van der Waals surface area contributed by atoms with E-state index in [1.165, 1.54) is 0 Å². The van der Waals surface area contributed by atoms with E-state index in [9.17, 15) is 5.11 Å². The number of aromatic nitrogens is 2. The third-order valence-corrected chi connectivity index (χ3v) is 3.51. The average Bonchev–Trinajstić information content (AvgIpc) is 2.66. The predicted molar refractivity (Wildman–Crippen MR) is 61.4 cm³/mol. The van der Waals surface area contributed by atoms with Crippen molar-refractivity contribution in [1.29, 1.82) is 0 Å². The zero-order valence-corrected chi connectivity index (χ0v) is 10.3. The highest BCUT2D eigenvalue weighted by Gasteiger charge is 2.49. The first-order chi connectivity index (χ1) is 7.41. The number of hydrogen-bond acceptors (Lipinski definition) is 3. The lowest BCUT2D eigenvalue weighted by Gasteiger charge is -2.48. The molecule has 1 heterocycles. The molecule has 4 heteroatoms. The Balaban J connectivity index is 2.00. The minimum atomic E-state index is -0.252. The molecule has 2 unspecified atom stereocenters. The van der Waals surface area contributed by atoms with Gasteiger partial charge >= 0.3 is 0 Å². The fourth-order valence-electron chi connectivity index (χ4n) is 1.89. The highest BCUT2D eigenvalue weighted by Crippen LogP contribution is 2.42. The molecule has 1 saturated carbocycles. The molecule has 1 N–H and O–H groups in total. The van der Waals surface area contributed by atoms with E-state index in [1.54, 1.807) is 6.20 Å². The maximum atomic E-state index is 9.62. The van der Waals surface area contributed by atoms with Crippen LogP contribution in [0.1, 0.15) is 40.2 Å². The molecule has 16 heavy (non-hydrogen) atoms. The Kier molecular flexibility index (Phi) is 2.70. The predicted octanol–water partition coefficient (Wildman–Crippen LogP) is 2.00. The van der Waals surface area contributed by atoms with Crippen LogP contribution < -0.4 is 4.74 Å². The Labute approximate surface area is 96.2 Å². The molecule has 0 saturated heterocycles. The van der Waals surface area contributed by atoms with Gasteiger partial charge in [-0.25, -0.2) is 0 Å². The molecule has 0 amide bonds. The summed E-state index contributed by atoms with van der Waals surface area (Å²) in [6.45, 7) is 8.21. The highest BCUT2D eigenvalue weighted by molar-refractivity contribution is 5.15. The molecule has 4 nitrogen and oxygen atoms in total. The van der Waals surface area contributed by atoms with Crippen LogP contribution in [0, 0.1) is 5.41 Å². The standard InChI is InChI=1S/C12H20N2O2/c1-8(2)14-7-9(6-13-14)16-11-5-10(15)12(11,3)4/h6-8,10-11,15H,5H2,1-4H3. The van der Waals surface area contributed by atoms with Gasteiger partial charge in [-0.15, -0.1) is 0 Å². The first kappa shape index (κ1) is 11.5. The van der Waals surface area contributed by atoms with Crippen LogP contribution in [0.3, 0.4) is 0 Å². The van der Waals surface area contributed by atoms with Gasteiger partial charge in [0.2, 0.25) is 0 Å². The lowest BCUT2D eigenvalue weighted by atomic mass is 9.66. The van der Waals surface area contributed by atoms with Crippen molar-refractivity contribution in [2.24, 2.45) is 5.41 Å². The van der Waals surface area contributed by atoms with Gasteiger partial charge in [0.15, 0.2) is 5.75 Å².